The lowest BCUT2D eigenvalue weighted by atomic mass is 10.2. The van der Waals surface area contributed by atoms with Gasteiger partial charge in [0.25, 0.3) is 15.9 Å². The first-order valence-electron chi connectivity index (χ1n) is 8.81. The quantitative estimate of drug-likeness (QED) is 0.750. The SMILES string of the molecule is O=C(NCCN1CCOCC1)c1cccc(S(=O)(=O)Nc2ccccc2)c1. The molecule has 27 heavy (non-hydrogen) atoms. The van der Waals surface area contributed by atoms with Crippen LogP contribution in [0.4, 0.5) is 5.69 Å². The molecule has 1 amide bonds. The molecule has 0 saturated carbocycles. The second-order valence-electron chi connectivity index (χ2n) is 6.21. The molecule has 1 aliphatic heterocycles. The van der Waals surface area contributed by atoms with E-state index in [-0.39, 0.29) is 10.8 Å². The van der Waals surface area contributed by atoms with Crippen molar-refractivity contribution in [2.75, 3.05) is 44.1 Å². The predicted molar refractivity (Wildman–Crippen MR) is 103 cm³/mol. The van der Waals surface area contributed by atoms with Gasteiger partial charge in [-0.1, -0.05) is 24.3 Å². The number of amides is 1. The van der Waals surface area contributed by atoms with Crippen LogP contribution in [0.1, 0.15) is 10.4 Å². The van der Waals surface area contributed by atoms with Gasteiger partial charge in [0.2, 0.25) is 0 Å². The van der Waals surface area contributed by atoms with Crippen molar-refractivity contribution in [3.63, 3.8) is 0 Å². The van der Waals surface area contributed by atoms with E-state index in [0.717, 1.165) is 19.6 Å². The van der Waals surface area contributed by atoms with Crippen LogP contribution in [-0.4, -0.2) is 58.6 Å². The van der Waals surface area contributed by atoms with Crippen molar-refractivity contribution in [1.82, 2.24) is 10.2 Å². The van der Waals surface area contributed by atoms with Crippen molar-refractivity contribution in [3.05, 3.63) is 60.2 Å². The Bertz CT molecular complexity index is 866. The Labute approximate surface area is 159 Å². The molecular weight excluding hydrogens is 366 g/mol. The van der Waals surface area contributed by atoms with Crippen LogP contribution in [0.15, 0.2) is 59.5 Å². The Morgan fingerprint density at radius 2 is 1.78 bits per heavy atom. The van der Waals surface area contributed by atoms with E-state index < -0.39 is 10.0 Å². The van der Waals surface area contributed by atoms with Crippen LogP contribution in [0.25, 0.3) is 0 Å². The third kappa shape index (κ3) is 5.53. The summed E-state index contributed by atoms with van der Waals surface area (Å²) in [5.74, 6) is -0.292. The molecule has 1 aliphatic rings. The number of carbonyl (C=O) groups is 1. The van der Waals surface area contributed by atoms with Gasteiger partial charge in [-0.2, -0.15) is 0 Å². The number of carbonyl (C=O) groups excluding carboxylic acids is 1. The Morgan fingerprint density at radius 1 is 1.04 bits per heavy atom. The van der Waals surface area contributed by atoms with Crippen LogP contribution < -0.4 is 10.0 Å². The zero-order valence-corrected chi connectivity index (χ0v) is 15.7. The monoisotopic (exact) mass is 389 g/mol. The third-order valence-electron chi connectivity index (χ3n) is 4.25. The molecule has 1 saturated heterocycles. The fourth-order valence-corrected chi connectivity index (χ4v) is 3.88. The van der Waals surface area contributed by atoms with E-state index in [9.17, 15) is 13.2 Å². The molecule has 0 spiro atoms. The lowest BCUT2D eigenvalue weighted by molar-refractivity contribution is 0.0383. The second kappa shape index (κ2) is 8.98. The average Bonchev–Trinajstić information content (AvgIpc) is 2.69. The Kier molecular flexibility index (Phi) is 6.44. The minimum atomic E-state index is -3.76. The summed E-state index contributed by atoms with van der Waals surface area (Å²) in [6.07, 6.45) is 0. The van der Waals surface area contributed by atoms with Crippen molar-refractivity contribution in [2.24, 2.45) is 0 Å². The number of nitrogens with zero attached hydrogens (tertiary/aromatic N) is 1. The number of rotatable bonds is 7. The van der Waals surface area contributed by atoms with Gasteiger partial charge in [-0.3, -0.25) is 14.4 Å². The Balaban J connectivity index is 1.61. The highest BCUT2D eigenvalue weighted by Gasteiger charge is 2.17. The first-order valence-corrected chi connectivity index (χ1v) is 10.3. The maximum atomic E-state index is 12.5. The molecule has 2 N–H and O–H groups in total. The number of anilines is 1. The van der Waals surface area contributed by atoms with Crippen molar-refractivity contribution in [3.8, 4) is 0 Å². The van der Waals surface area contributed by atoms with Crippen molar-refractivity contribution < 1.29 is 17.9 Å². The van der Waals surface area contributed by atoms with E-state index in [1.54, 1.807) is 42.5 Å². The molecular formula is C19H23N3O4S. The van der Waals surface area contributed by atoms with Crippen LogP contribution in [0, 0.1) is 0 Å². The van der Waals surface area contributed by atoms with Crippen molar-refractivity contribution in [1.29, 1.82) is 0 Å². The van der Waals surface area contributed by atoms with E-state index in [0.29, 0.717) is 31.0 Å². The summed E-state index contributed by atoms with van der Waals surface area (Å²) >= 11 is 0. The highest BCUT2D eigenvalue weighted by Crippen LogP contribution is 2.17. The molecule has 1 heterocycles. The number of hydrogen-bond donors (Lipinski definition) is 2. The van der Waals surface area contributed by atoms with Gasteiger partial charge in [0.1, 0.15) is 0 Å². The fraction of sp³-hybridized carbons (Fsp3) is 0.316. The lowest BCUT2D eigenvalue weighted by Crippen LogP contribution is -2.41. The summed E-state index contributed by atoms with van der Waals surface area (Å²) in [7, 11) is -3.76. The molecule has 0 radical (unpaired) electrons. The number of sulfonamides is 1. The van der Waals surface area contributed by atoms with Crippen molar-refractivity contribution >= 4 is 21.6 Å². The van der Waals surface area contributed by atoms with E-state index in [1.807, 2.05) is 0 Å². The van der Waals surface area contributed by atoms with Crippen LogP contribution in [0.3, 0.4) is 0 Å². The molecule has 2 aromatic rings. The largest absolute Gasteiger partial charge is 0.379 e. The van der Waals surface area contributed by atoms with Gasteiger partial charge in [-0.25, -0.2) is 8.42 Å². The normalized spacial score (nSPS) is 15.3. The number of para-hydroxylation sites is 1. The van der Waals surface area contributed by atoms with Gasteiger partial charge >= 0.3 is 0 Å². The number of ether oxygens (including phenoxy) is 1. The number of nitrogens with one attached hydrogen (secondary N) is 2. The number of benzene rings is 2. The van der Waals surface area contributed by atoms with Gasteiger partial charge in [-0.05, 0) is 30.3 Å². The Morgan fingerprint density at radius 3 is 2.52 bits per heavy atom. The molecule has 0 unspecified atom stereocenters. The van der Waals surface area contributed by atoms with E-state index in [2.05, 4.69) is 14.9 Å². The molecule has 0 aliphatic carbocycles. The molecule has 1 fully saturated rings. The minimum absolute atomic E-state index is 0.0483. The van der Waals surface area contributed by atoms with Gasteiger partial charge < -0.3 is 10.1 Å². The Hall–Kier alpha value is -2.42. The van der Waals surface area contributed by atoms with Gasteiger partial charge in [0.05, 0.1) is 18.1 Å². The molecule has 0 aromatic heterocycles. The number of morpholine rings is 1. The second-order valence-corrected chi connectivity index (χ2v) is 7.89. The molecule has 0 atom stereocenters. The third-order valence-corrected chi connectivity index (χ3v) is 5.63. The topological polar surface area (TPSA) is 87.7 Å². The first-order chi connectivity index (χ1) is 13.0. The zero-order chi connectivity index (χ0) is 19.1. The highest BCUT2D eigenvalue weighted by atomic mass is 32.2. The van der Waals surface area contributed by atoms with Crippen LogP contribution in [0.5, 0.6) is 0 Å². The molecule has 7 nitrogen and oxygen atoms in total. The summed E-state index contributed by atoms with van der Waals surface area (Å²) in [5.41, 5.74) is 0.783. The smallest absolute Gasteiger partial charge is 0.261 e. The molecule has 8 heteroatoms. The van der Waals surface area contributed by atoms with Gasteiger partial charge in [0.15, 0.2) is 0 Å². The maximum Gasteiger partial charge on any atom is 0.261 e. The molecule has 2 aromatic carbocycles. The lowest BCUT2D eigenvalue weighted by Gasteiger charge is -2.26. The van der Waals surface area contributed by atoms with Gasteiger partial charge in [0, 0.05) is 37.4 Å². The molecule has 0 bridgehead atoms. The van der Waals surface area contributed by atoms with Crippen LogP contribution >= 0.6 is 0 Å². The number of hydrogen-bond acceptors (Lipinski definition) is 5. The maximum absolute atomic E-state index is 12.5. The van der Waals surface area contributed by atoms with Crippen LogP contribution in [-0.2, 0) is 14.8 Å². The minimum Gasteiger partial charge on any atom is -0.379 e. The average molecular weight is 389 g/mol. The van der Waals surface area contributed by atoms with E-state index in [1.165, 1.54) is 12.1 Å². The summed E-state index contributed by atoms with van der Waals surface area (Å²) in [4.78, 5) is 14.6. The molecule has 144 valence electrons. The van der Waals surface area contributed by atoms with Crippen LogP contribution in [0.2, 0.25) is 0 Å². The van der Waals surface area contributed by atoms with Gasteiger partial charge in [-0.15, -0.1) is 0 Å². The summed E-state index contributed by atoms with van der Waals surface area (Å²) < 4.78 is 32.9. The summed E-state index contributed by atoms with van der Waals surface area (Å²) in [5, 5.41) is 2.84. The molecule has 3 rings (SSSR count). The fourth-order valence-electron chi connectivity index (χ4n) is 2.78. The van der Waals surface area contributed by atoms with E-state index >= 15 is 0 Å². The predicted octanol–water partition coefficient (Wildman–Crippen LogP) is 1.55. The summed E-state index contributed by atoms with van der Waals surface area (Å²) in [6, 6.07) is 14.7. The first kappa shape index (κ1) is 19.3. The standard InChI is InChI=1S/C19H23N3O4S/c23-19(20-9-10-22-11-13-26-14-12-22)16-5-4-8-18(15-16)27(24,25)21-17-6-2-1-3-7-17/h1-8,15,21H,9-14H2,(H,20,23). The zero-order valence-electron chi connectivity index (χ0n) is 14.9. The highest BCUT2D eigenvalue weighted by molar-refractivity contribution is 7.92. The van der Waals surface area contributed by atoms with Crippen molar-refractivity contribution in [2.45, 2.75) is 4.90 Å². The van der Waals surface area contributed by atoms with E-state index in [4.69, 9.17) is 4.74 Å². The summed E-state index contributed by atoms with van der Waals surface area (Å²) in [6.45, 7) is 4.37.